The number of carbonyl (C=O) groups excluding carboxylic acids is 2. The summed E-state index contributed by atoms with van der Waals surface area (Å²) in [5.74, 6) is -1.96. The predicted molar refractivity (Wildman–Crippen MR) is 99.1 cm³/mol. The number of carbonyl (C=O) groups is 3. The number of amides is 2. The summed E-state index contributed by atoms with van der Waals surface area (Å²) >= 11 is 12.1. The average molecular weight is 393 g/mol. The summed E-state index contributed by atoms with van der Waals surface area (Å²) in [4.78, 5) is 37.3. The summed E-state index contributed by atoms with van der Waals surface area (Å²) < 4.78 is 0. The van der Waals surface area contributed by atoms with Crippen molar-refractivity contribution in [2.45, 2.75) is 19.4 Å². The number of carboxylic acid groups (broad SMARTS) is 1. The lowest BCUT2D eigenvalue weighted by Gasteiger charge is -2.18. The standard InChI is InChI=1S/C18H14Cl2N2O4/c1-9-5-6-10(18(25)26)7-12(9)21-13-8-15(23)22(17(13)24)14-4-2-3-11(19)16(14)20/h2-7,13,21H,8H2,1H3,(H,25,26)/t13-/m1/s1. The molecule has 0 unspecified atom stereocenters. The molecule has 1 atom stereocenters. The van der Waals surface area contributed by atoms with Gasteiger partial charge < -0.3 is 10.4 Å². The fraction of sp³-hybridized carbons (Fsp3) is 0.167. The molecule has 134 valence electrons. The Morgan fingerprint density at radius 3 is 2.65 bits per heavy atom. The van der Waals surface area contributed by atoms with E-state index in [-0.39, 0.29) is 27.7 Å². The Morgan fingerprint density at radius 1 is 1.23 bits per heavy atom. The van der Waals surface area contributed by atoms with Crippen LogP contribution in [0.15, 0.2) is 36.4 Å². The van der Waals surface area contributed by atoms with Crippen molar-refractivity contribution in [1.82, 2.24) is 0 Å². The van der Waals surface area contributed by atoms with Gasteiger partial charge in [-0.15, -0.1) is 0 Å². The van der Waals surface area contributed by atoms with Crippen molar-refractivity contribution in [2.24, 2.45) is 0 Å². The molecule has 0 radical (unpaired) electrons. The lowest BCUT2D eigenvalue weighted by atomic mass is 10.1. The quantitative estimate of drug-likeness (QED) is 0.773. The van der Waals surface area contributed by atoms with Gasteiger partial charge in [0.25, 0.3) is 5.91 Å². The zero-order chi connectivity index (χ0) is 19.0. The molecule has 26 heavy (non-hydrogen) atoms. The van der Waals surface area contributed by atoms with Gasteiger partial charge in [0.05, 0.1) is 27.7 Å². The normalized spacial score (nSPS) is 16.9. The zero-order valence-electron chi connectivity index (χ0n) is 13.6. The van der Waals surface area contributed by atoms with Crippen LogP contribution in [0.3, 0.4) is 0 Å². The van der Waals surface area contributed by atoms with Crippen LogP contribution in [0.2, 0.25) is 10.0 Å². The van der Waals surface area contributed by atoms with Crippen molar-refractivity contribution in [2.75, 3.05) is 10.2 Å². The van der Waals surface area contributed by atoms with Gasteiger partial charge in [0, 0.05) is 5.69 Å². The summed E-state index contributed by atoms with van der Waals surface area (Å²) in [6.07, 6.45) is -0.0710. The van der Waals surface area contributed by atoms with Crippen molar-refractivity contribution >= 4 is 52.4 Å². The number of benzene rings is 2. The molecule has 2 amide bonds. The first-order valence-electron chi connectivity index (χ1n) is 7.71. The molecule has 0 spiro atoms. The first-order chi connectivity index (χ1) is 12.3. The van der Waals surface area contributed by atoms with Crippen LogP contribution in [0.4, 0.5) is 11.4 Å². The molecule has 1 heterocycles. The maximum absolute atomic E-state index is 12.7. The van der Waals surface area contributed by atoms with Crippen LogP contribution in [0.1, 0.15) is 22.3 Å². The Labute approximate surface area is 159 Å². The van der Waals surface area contributed by atoms with Crippen molar-refractivity contribution in [3.63, 3.8) is 0 Å². The molecule has 0 saturated carbocycles. The second-order valence-electron chi connectivity index (χ2n) is 5.88. The minimum atomic E-state index is -1.07. The largest absolute Gasteiger partial charge is 0.478 e. The maximum Gasteiger partial charge on any atom is 0.335 e. The lowest BCUT2D eigenvalue weighted by molar-refractivity contribution is -0.121. The molecule has 1 fully saturated rings. The van der Waals surface area contributed by atoms with Crippen LogP contribution in [-0.2, 0) is 9.59 Å². The number of rotatable bonds is 4. The Morgan fingerprint density at radius 2 is 1.96 bits per heavy atom. The monoisotopic (exact) mass is 392 g/mol. The molecule has 1 saturated heterocycles. The SMILES string of the molecule is Cc1ccc(C(=O)O)cc1N[C@@H]1CC(=O)N(c2cccc(Cl)c2Cl)C1=O. The minimum absolute atomic E-state index is 0.0710. The van der Waals surface area contributed by atoms with E-state index in [1.807, 2.05) is 0 Å². The van der Waals surface area contributed by atoms with E-state index in [1.54, 1.807) is 31.2 Å². The first kappa shape index (κ1) is 18.2. The highest BCUT2D eigenvalue weighted by molar-refractivity contribution is 6.45. The summed E-state index contributed by atoms with van der Waals surface area (Å²) in [5, 5.41) is 12.5. The van der Waals surface area contributed by atoms with Gasteiger partial charge >= 0.3 is 5.97 Å². The lowest BCUT2D eigenvalue weighted by Crippen LogP contribution is -2.35. The molecular formula is C18H14Cl2N2O4. The zero-order valence-corrected chi connectivity index (χ0v) is 15.1. The highest BCUT2D eigenvalue weighted by atomic mass is 35.5. The number of hydrogen-bond donors (Lipinski definition) is 2. The molecule has 0 aromatic heterocycles. The summed E-state index contributed by atoms with van der Waals surface area (Å²) in [6, 6.07) is 8.44. The second-order valence-corrected chi connectivity index (χ2v) is 6.66. The fourth-order valence-corrected chi connectivity index (χ4v) is 3.14. The molecule has 1 aliphatic heterocycles. The van der Waals surface area contributed by atoms with Crippen molar-refractivity contribution in [1.29, 1.82) is 0 Å². The smallest absolute Gasteiger partial charge is 0.335 e. The van der Waals surface area contributed by atoms with Crippen LogP contribution in [0.25, 0.3) is 0 Å². The summed E-state index contributed by atoms with van der Waals surface area (Å²) in [6.45, 7) is 1.78. The highest BCUT2D eigenvalue weighted by Crippen LogP contribution is 2.35. The Bertz CT molecular complexity index is 929. The van der Waals surface area contributed by atoms with Gasteiger partial charge in [-0.05, 0) is 36.8 Å². The van der Waals surface area contributed by atoms with E-state index >= 15 is 0 Å². The molecule has 2 aromatic rings. The molecule has 2 N–H and O–H groups in total. The number of aryl methyl sites for hydroxylation is 1. The fourth-order valence-electron chi connectivity index (χ4n) is 2.76. The average Bonchev–Trinajstić information content (AvgIpc) is 2.86. The van der Waals surface area contributed by atoms with E-state index < -0.39 is 23.8 Å². The number of nitrogens with one attached hydrogen (secondary N) is 1. The number of nitrogens with zero attached hydrogens (tertiary/aromatic N) is 1. The van der Waals surface area contributed by atoms with E-state index in [9.17, 15) is 14.4 Å². The number of aromatic carboxylic acids is 1. The minimum Gasteiger partial charge on any atom is -0.478 e. The van der Waals surface area contributed by atoms with Gasteiger partial charge in [-0.2, -0.15) is 0 Å². The molecule has 2 aromatic carbocycles. The van der Waals surface area contributed by atoms with Gasteiger partial charge in [-0.25, -0.2) is 9.69 Å². The maximum atomic E-state index is 12.7. The number of halogens is 2. The number of carboxylic acids is 1. The molecular weight excluding hydrogens is 379 g/mol. The van der Waals surface area contributed by atoms with E-state index in [1.165, 1.54) is 12.1 Å². The molecule has 1 aliphatic rings. The van der Waals surface area contributed by atoms with E-state index in [4.69, 9.17) is 28.3 Å². The molecule has 0 aliphatic carbocycles. The molecule has 3 rings (SSSR count). The highest BCUT2D eigenvalue weighted by Gasteiger charge is 2.40. The molecule has 8 heteroatoms. The van der Waals surface area contributed by atoms with E-state index in [2.05, 4.69) is 5.32 Å². The van der Waals surface area contributed by atoms with Crippen molar-refractivity contribution < 1.29 is 19.5 Å². The number of hydrogen-bond acceptors (Lipinski definition) is 4. The first-order valence-corrected chi connectivity index (χ1v) is 8.46. The Hall–Kier alpha value is -2.57. The van der Waals surface area contributed by atoms with Crippen LogP contribution >= 0.6 is 23.2 Å². The van der Waals surface area contributed by atoms with Crippen molar-refractivity contribution in [3.8, 4) is 0 Å². The van der Waals surface area contributed by atoms with Crippen LogP contribution < -0.4 is 10.2 Å². The summed E-state index contributed by atoms with van der Waals surface area (Å²) in [5.41, 5.74) is 1.56. The third kappa shape index (κ3) is 3.25. The molecule has 6 nitrogen and oxygen atoms in total. The van der Waals surface area contributed by atoms with Gasteiger partial charge in [0.2, 0.25) is 5.91 Å². The number of anilines is 2. The van der Waals surface area contributed by atoms with Gasteiger partial charge in [-0.3, -0.25) is 9.59 Å². The van der Waals surface area contributed by atoms with Gasteiger partial charge in [0.1, 0.15) is 6.04 Å². The van der Waals surface area contributed by atoms with Crippen LogP contribution in [0, 0.1) is 6.92 Å². The third-order valence-corrected chi connectivity index (χ3v) is 4.94. The second kappa shape index (κ2) is 6.97. The van der Waals surface area contributed by atoms with E-state index in [0.29, 0.717) is 5.69 Å². The molecule has 0 bridgehead atoms. The van der Waals surface area contributed by atoms with Gasteiger partial charge in [-0.1, -0.05) is 35.3 Å². The Kier molecular flexibility index (Phi) is 4.89. The topological polar surface area (TPSA) is 86.7 Å². The Balaban J connectivity index is 1.89. The van der Waals surface area contributed by atoms with E-state index in [0.717, 1.165) is 10.5 Å². The third-order valence-electron chi connectivity index (χ3n) is 4.13. The van der Waals surface area contributed by atoms with Gasteiger partial charge in [0.15, 0.2) is 0 Å². The predicted octanol–water partition coefficient (Wildman–Crippen LogP) is 3.74. The van der Waals surface area contributed by atoms with Crippen LogP contribution in [-0.4, -0.2) is 28.9 Å². The van der Waals surface area contributed by atoms with Crippen molar-refractivity contribution in [3.05, 3.63) is 57.6 Å². The number of imide groups is 1. The summed E-state index contributed by atoms with van der Waals surface area (Å²) in [7, 11) is 0. The van der Waals surface area contributed by atoms with Crippen LogP contribution in [0.5, 0.6) is 0 Å².